The van der Waals surface area contributed by atoms with Gasteiger partial charge in [0.25, 0.3) is 0 Å². The van der Waals surface area contributed by atoms with E-state index >= 15 is 0 Å². The summed E-state index contributed by atoms with van der Waals surface area (Å²) in [5, 5.41) is 0. The lowest BCUT2D eigenvalue weighted by Crippen LogP contribution is -2.33. The predicted octanol–water partition coefficient (Wildman–Crippen LogP) is 4.73. The minimum Gasteiger partial charge on any atom is -0.358 e. The molecule has 1 aliphatic rings. The molecular formula is C25H35N5O. The second-order valence-corrected chi connectivity index (χ2v) is 8.23. The molecule has 0 saturated carbocycles. The molecule has 0 atom stereocenters. The highest BCUT2D eigenvalue weighted by Gasteiger charge is 2.19. The average Bonchev–Trinajstić information content (AvgIpc) is 3.29. The largest absolute Gasteiger partial charge is 0.358 e. The standard InChI is InChI=1S/C25H35N5O/c1-22-10-7-11-23(2)25(22)30(18-6-4-3-5-15-29-19-14-27-21-29)24(31)12-8-16-28-17-9-13-26-20-28/h7,9-11,13-14,17,19,21H,3-6,8,12,15-16,18,20H2,1-2H3. The molecular weight excluding hydrogens is 386 g/mol. The monoisotopic (exact) mass is 421 g/mol. The van der Waals surface area contributed by atoms with E-state index in [4.69, 9.17) is 0 Å². The Bertz CT molecular complexity index is 852. The molecule has 3 rings (SSSR count). The summed E-state index contributed by atoms with van der Waals surface area (Å²) in [6.45, 7) is 7.53. The topological polar surface area (TPSA) is 53.7 Å². The lowest BCUT2D eigenvalue weighted by atomic mass is 10.1. The number of rotatable bonds is 12. The Hall–Kier alpha value is -2.89. The fraction of sp³-hybridized carbons (Fsp3) is 0.480. The highest BCUT2D eigenvalue weighted by molar-refractivity contribution is 5.94. The summed E-state index contributed by atoms with van der Waals surface area (Å²) in [6, 6.07) is 6.27. The highest BCUT2D eigenvalue weighted by atomic mass is 16.2. The van der Waals surface area contributed by atoms with Gasteiger partial charge in [0.2, 0.25) is 5.91 Å². The van der Waals surface area contributed by atoms with Crippen LogP contribution in [0.2, 0.25) is 0 Å². The molecule has 1 aliphatic heterocycles. The summed E-state index contributed by atoms with van der Waals surface area (Å²) in [6.07, 6.45) is 17.4. The molecule has 0 radical (unpaired) electrons. The first-order valence-corrected chi connectivity index (χ1v) is 11.4. The molecule has 0 unspecified atom stereocenters. The number of unbranched alkanes of at least 4 members (excludes halogenated alkanes) is 3. The predicted molar refractivity (Wildman–Crippen MR) is 127 cm³/mol. The molecule has 0 spiro atoms. The van der Waals surface area contributed by atoms with E-state index < -0.39 is 0 Å². The number of aryl methyl sites for hydroxylation is 3. The van der Waals surface area contributed by atoms with Gasteiger partial charge >= 0.3 is 0 Å². The molecule has 6 heteroatoms. The quantitative estimate of drug-likeness (QED) is 0.466. The third-order valence-electron chi connectivity index (χ3n) is 5.71. The number of para-hydroxylation sites is 1. The Balaban J connectivity index is 1.51. The van der Waals surface area contributed by atoms with Crippen molar-refractivity contribution in [2.75, 3.05) is 24.7 Å². The Kier molecular flexibility index (Phi) is 8.88. The SMILES string of the molecule is Cc1cccc(C)c1N(CCCCCCn1ccnc1)C(=O)CCCN1C=CC=NC1. The van der Waals surface area contributed by atoms with E-state index in [1.807, 2.05) is 42.1 Å². The average molecular weight is 422 g/mol. The maximum atomic E-state index is 13.2. The molecule has 0 bridgehead atoms. The summed E-state index contributed by atoms with van der Waals surface area (Å²) in [7, 11) is 0. The number of nitrogens with zero attached hydrogens (tertiary/aromatic N) is 5. The van der Waals surface area contributed by atoms with Crippen molar-refractivity contribution in [1.82, 2.24) is 14.5 Å². The lowest BCUT2D eigenvalue weighted by molar-refractivity contribution is -0.118. The van der Waals surface area contributed by atoms with Crippen LogP contribution >= 0.6 is 0 Å². The summed E-state index contributed by atoms with van der Waals surface area (Å²) in [5.41, 5.74) is 3.43. The number of benzene rings is 1. The molecule has 1 aromatic heterocycles. The van der Waals surface area contributed by atoms with Gasteiger partial charge in [-0.1, -0.05) is 31.0 Å². The van der Waals surface area contributed by atoms with E-state index in [9.17, 15) is 4.79 Å². The highest BCUT2D eigenvalue weighted by Crippen LogP contribution is 2.26. The zero-order chi connectivity index (χ0) is 21.9. The first kappa shape index (κ1) is 22.8. The van der Waals surface area contributed by atoms with Gasteiger partial charge in [-0.2, -0.15) is 0 Å². The van der Waals surface area contributed by atoms with Gasteiger partial charge in [0.05, 0.1) is 6.33 Å². The molecule has 166 valence electrons. The van der Waals surface area contributed by atoms with Crippen LogP contribution in [0.4, 0.5) is 5.69 Å². The van der Waals surface area contributed by atoms with Crippen molar-refractivity contribution in [2.24, 2.45) is 4.99 Å². The van der Waals surface area contributed by atoms with Crippen molar-refractivity contribution in [3.8, 4) is 0 Å². The van der Waals surface area contributed by atoms with Gasteiger partial charge in [0.1, 0.15) is 6.67 Å². The second kappa shape index (κ2) is 12.1. The maximum Gasteiger partial charge on any atom is 0.227 e. The van der Waals surface area contributed by atoms with Gasteiger partial charge in [-0.05, 0) is 50.3 Å². The van der Waals surface area contributed by atoms with E-state index in [1.165, 1.54) is 11.1 Å². The Labute approximate surface area is 186 Å². The van der Waals surface area contributed by atoms with Gasteiger partial charge in [0, 0.05) is 56.6 Å². The van der Waals surface area contributed by atoms with E-state index in [0.29, 0.717) is 13.1 Å². The molecule has 31 heavy (non-hydrogen) atoms. The molecule has 0 N–H and O–H groups in total. The van der Waals surface area contributed by atoms with Crippen LogP contribution in [0.5, 0.6) is 0 Å². The van der Waals surface area contributed by atoms with Crippen molar-refractivity contribution in [3.63, 3.8) is 0 Å². The molecule has 2 aromatic rings. The van der Waals surface area contributed by atoms with E-state index in [2.05, 4.69) is 51.5 Å². The third kappa shape index (κ3) is 7.09. The summed E-state index contributed by atoms with van der Waals surface area (Å²) < 4.78 is 2.12. The van der Waals surface area contributed by atoms with Crippen molar-refractivity contribution < 1.29 is 4.79 Å². The molecule has 6 nitrogen and oxygen atoms in total. The zero-order valence-corrected chi connectivity index (χ0v) is 18.9. The fourth-order valence-corrected chi connectivity index (χ4v) is 4.06. The summed E-state index contributed by atoms with van der Waals surface area (Å²) in [4.78, 5) is 25.7. The molecule has 1 aromatic carbocycles. The number of hydrogen-bond donors (Lipinski definition) is 0. The van der Waals surface area contributed by atoms with Crippen LogP contribution in [-0.2, 0) is 11.3 Å². The van der Waals surface area contributed by atoms with Gasteiger partial charge in [-0.3, -0.25) is 9.79 Å². The zero-order valence-electron chi connectivity index (χ0n) is 18.9. The lowest BCUT2D eigenvalue weighted by Gasteiger charge is -2.27. The number of hydrogen-bond acceptors (Lipinski definition) is 4. The molecule has 0 aliphatic carbocycles. The van der Waals surface area contributed by atoms with Gasteiger partial charge in [-0.15, -0.1) is 0 Å². The minimum absolute atomic E-state index is 0.223. The van der Waals surface area contributed by atoms with Crippen molar-refractivity contribution >= 4 is 17.8 Å². The van der Waals surface area contributed by atoms with Crippen molar-refractivity contribution in [1.29, 1.82) is 0 Å². The maximum absolute atomic E-state index is 13.2. The third-order valence-corrected chi connectivity index (χ3v) is 5.71. The Morgan fingerprint density at radius 3 is 2.58 bits per heavy atom. The van der Waals surface area contributed by atoms with E-state index in [1.54, 1.807) is 0 Å². The molecule has 1 amide bonds. The first-order valence-electron chi connectivity index (χ1n) is 11.4. The number of carbonyl (C=O) groups is 1. The number of aliphatic imine (C=N–C) groups is 1. The number of allylic oxidation sites excluding steroid dienone is 1. The Morgan fingerprint density at radius 2 is 1.87 bits per heavy atom. The van der Waals surface area contributed by atoms with Crippen molar-refractivity contribution in [2.45, 2.75) is 58.9 Å². The van der Waals surface area contributed by atoms with Crippen LogP contribution in [0.15, 0.2) is 54.2 Å². The fourth-order valence-electron chi connectivity index (χ4n) is 4.06. The van der Waals surface area contributed by atoms with Crippen LogP contribution in [-0.4, -0.2) is 46.3 Å². The van der Waals surface area contributed by atoms with Crippen molar-refractivity contribution in [3.05, 3.63) is 60.3 Å². The summed E-state index contributed by atoms with van der Waals surface area (Å²) >= 11 is 0. The van der Waals surface area contributed by atoms with Crippen LogP contribution < -0.4 is 4.90 Å². The first-order chi connectivity index (χ1) is 15.1. The minimum atomic E-state index is 0.223. The van der Waals surface area contributed by atoms with Gasteiger partial charge in [0.15, 0.2) is 0 Å². The van der Waals surface area contributed by atoms with Gasteiger partial charge in [-0.25, -0.2) is 4.98 Å². The van der Waals surface area contributed by atoms with Crippen LogP contribution in [0, 0.1) is 13.8 Å². The normalized spacial score (nSPS) is 13.0. The molecule has 0 saturated heterocycles. The van der Waals surface area contributed by atoms with Crippen LogP contribution in [0.25, 0.3) is 0 Å². The Morgan fingerprint density at radius 1 is 1.06 bits per heavy atom. The number of amides is 1. The summed E-state index contributed by atoms with van der Waals surface area (Å²) in [5.74, 6) is 0.223. The molecule has 2 heterocycles. The molecule has 0 fully saturated rings. The van der Waals surface area contributed by atoms with Crippen LogP contribution in [0.3, 0.4) is 0 Å². The van der Waals surface area contributed by atoms with E-state index in [-0.39, 0.29) is 5.91 Å². The number of aromatic nitrogens is 2. The number of imidazole rings is 1. The number of carbonyl (C=O) groups excluding carboxylic acids is 1. The van der Waals surface area contributed by atoms with Gasteiger partial charge < -0.3 is 14.4 Å². The second-order valence-electron chi connectivity index (χ2n) is 8.23. The number of anilines is 1. The van der Waals surface area contributed by atoms with E-state index in [0.717, 1.165) is 57.4 Å². The van der Waals surface area contributed by atoms with Crippen LogP contribution in [0.1, 0.15) is 49.7 Å². The smallest absolute Gasteiger partial charge is 0.227 e.